The number of halogens is 1. The van der Waals surface area contributed by atoms with Crippen molar-refractivity contribution in [2.45, 2.75) is 25.8 Å². The van der Waals surface area contributed by atoms with Gasteiger partial charge < -0.3 is 15.2 Å². The monoisotopic (exact) mass is 348 g/mol. The Labute approximate surface area is 146 Å². The van der Waals surface area contributed by atoms with Gasteiger partial charge in [0.15, 0.2) is 0 Å². The van der Waals surface area contributed by atoms with E-state index in [9.17, 15) is 9.59 Å². The Bertz CT molecular complexity index is 641. The lowest BCUT2D eigenvalue weighted by Crippen LogP contribution is -2.28. The molecule has 0 spiro atoms. The molecule has 2 rings (SSSR count). The van der Waals surface area contributed by atoms with E-state index in [0.29, 0.717) is 36.5 Å². The second kappa shape index (κ2) is 9.72. The summed E-state index contributed by atoms with van der Waals surface area (Å²) in [6.07, 6.45) is 7.24. The molecule has 0 aliphatic carbocycles. The Morgan fingerprint density at radius 1 is 1.08 bits per heavy atom. The number of aromatic nitrogens is 2. The summed E-state index contributed by atoms with van der Waals surface area (Å²) in [5.74, 6) is -0.159. The van der Waals surface area contributed by atoms with E-state index in [1.54, 1.807) is 36.8 Å². The maximum absolute atomic E-state index is 11.9. The second-order valence-electron chi connectivity index (χ2n) is 5.37. The van der Waals surface area contributed by atoms with E-state index >= 15 is 0 Å². The van der Waals surface area contributed by atoms with Crippen molar-refractivity contribution in [2.75, 3.05) is 13.1 Å². The molecule has 7 heteroatoms. The number of hydrogen-bond donors (Lipinski definition) is 2. The van der Waals surface area contributed by atoms with Gasteiger partial charge in [-0.15, -0.1) is 0 Å². The Hall–Kier alpha value is -2.34. The smallest absolute Gasteiger partial charge is 0.251 e. The molecule has 1 aromatic heterocycles. The fourth-order valence-electron chi connectivity index (χ4n) is 2.15. The van der Waals surface area contributed by atoms with Gasteiger partial charge in [-0.3, -0.25) is 9.59 Å². The Morgan fingerprint density at radius 2 is 1.83 bits per heavy atom. The number of nitrogens with zero attached hydrogens (tertiary/aromatic N) is 2. The van der Waals surface area contributed by atoms with Crippen molar-refractivity contribution < 1.29 is 9.59 Å². The van der Waals surface area contributed by atoms with Crippen LogP contribution in [0.5, 0.6) is 0 Å². The maximum Gasteiger partial charge on any atom is 0.251 e. The predicted molar refractivity (Wildman–Crippen MR) is 92.9 cm³/mol. The van der Waals surface area contributed by atoms with E-state index < -0.39 is 0 Å². The summed E-state index contributed by atoms with van der Waals surface area (Å²) in [7, 11) is 0. The first-order chi connectivity index (χ1) is 11.6. The minimum absolute atomic E-state index is 0.00127. The second-order valence-corrected chi connectivity index (χ2v) is 5.81. The van der Waals surface area contributed by atoms with Crippen molar-refractivity contribution in [3.05, 3.63) is 53.6 Å². The molecule has 2 aromatic rings. The fraction of sp³-hybridized carbons (Fsp3) is 0.353. The molecule has 1 aromatic carbocycles. The predicted octanol–water partition coefficient (Wildman–Crippen LogP) is 2.25. The normalized spacial score (nSPS) is 10.4. The van der Waals surface area contributed by atoms with E-state index in [-0.39, 0.29) is 11.8 Å². The number of amides is 2. The van der Waals surface area contributed by atoms with Gasteiger partial charge in [0.25, 0.3) is 5.91 Å². The highest BCUT2D eigenvalue weighted by atomic mass is 35.5. The highest BCUT2D eigenvalue weighted by molar-refractivity contribution is 6.30. The van der Waals surface area contributed by atoms with Gasteiger partial charge in [0.1, 0.15) is 0 Å². The molecule has 6 nitrogen and oxygen atoms in total. The van der Waals surface area contributed by atoms with E-state index in [2.05, 4.69) is 15.6 Å². The van der Waals surface area contributed by atoms with Crippen molar-refractivity contribution in [3.63, 3.8) is 0 Å². The van der Waals surface area contributed by atoms with Crippen molar-refractivity contribution in [1.82, 2.24) is 20.2 Å². The van der Waals surface area contributed by atoms with Gasteiger partial charge in [0, 0.05) is 49.0 Å². The highest BCUT2D eigenvalue weighted by Crippen LogP contribution is 2.09. The largest absolute Gasteiger partial charge is 0.356 e. The third-order valence-electron chi connectivity index (χ3n) is 3.45. The Kier molecular flexibility index (Phi) is 7.29. The Morgan fingerprint density at radius 3 is 2.54 bits per heavy atom. The summed E-state index contributed by atoms with van der Waals surface area (Å²) in [5.41, 5.74) is 0.559. The van der Waals surface area contributed by atoms with Gasteiger partial charge in [0.05, 0.1) is 6.33 Å². The van der Waals surface area contributed by atoms with E-state index in [4.69, 9.17) is 11.6 Å². The standard InChI is InChI=1S/C17H21ClN4O2/c18-15-6-4-14(5-7-15)17(24)21-8-1-3-16(23)20-9-2-11-22-12-10-19-13-22/h4-7,10,12-13H,1-3,8-9,11H2,(H,20,23)(H,21,24). The zero-order valence-electron chi connectivity index (χ0n) is 13.4. The molecule has 2 N–H and O–H groups in total. The average Bonchev–Trinajstić information content (AvgIpc) is 3.09. The third-order valence-corrected chi connectivity index (χ3v) is 3.70. The van der Waals surface area contributed by atoms with E-state index in [0.717, 1.165) is 13.0 Å². The molecule has 0 bridgehead atoms. The molecular formula is C17H21ClN4O2. The molecule has 0 atom stereocenters. The molecule has 24 heavy (non-hydrogen) atoms. The lowest BCUT2D eigenvalue weighted by molar-refractivity contribution is -0.121. The molecular weight excluding hydrogens is 328 g/mol. The molecule has 0 saturated carbocycles. The van der Waals surface area contributed by atoms with Gasteiger partial charge in [-0.2, -0.15) is 0 Å². The van der Waals surface area contributed by atoms with Crippen LogP contribution < -0.4 is 10.6 Å². The van der Waals surface area contributed by atoms with Crippen LogP contribution in [-0.4, -0.2) is 34.5 Å². The molecule has 0 radical (unpaired) electrons. The summed E-state index contributed by atoms with van der Waals surface area (Å²) in [4.78, 5) is 27.5. The lowest BCUT2D eigenvalue weighted by Gasteiger charge is -2.07. The minimum atomic E-state index is -0.160. The first kappa shape index (κ1) is 18.0. The van der Waals surface area contributed by atoms with Crippen LogP contribution in [0.3, 0.4) is 0 Å². The van der Waals surface area contributed by atoms with Crippen molar-refractivity contribution in [2.24, 2.45) is 0 Å². The topological polar surface area (TPSA) is 76.0 Å². The van der Waals surface area contributed by atoms with Crippen molar-refractivity contribution in [1.29, 1.82) is 0 Å². The number of rotatable bonds is 9. The molecule has 1 heterocycles. The number of benzene rings is 1. The van der Waals surface area contributed by atoms with Crippen LogP contribution in [0.25, 0.3) is 0 Å². The molecule has 0 unspecified atom stereocenters. The Balaban J connectivity index is 1.52. The summed E-state index contributed by atoms with van der Waals surface area (Å²) >= 11 is 5.78. The zero-order chi connectivity index (χ0) is 17.2. The quantitative estimate of drug-likeness (QED) is 0.682. The van der Waals surface area contributed by atoms with Crippen LogP contribution in [0.1, 0.15) is 29.6 Å². The molecule has 2 amide bonds. The number of hydrogen-bond acceptors (Lipinski definition) is 3. The van der Waals surface area contributed by atoms with Crippen LogP contribution in [0.15, 0.2) is 43.0 Å². The lowest BCUT2D eigenvalue weighted by atomic mass is 10.2. The molecule has 0 saturated heterocycles. The fourth-order valence-corrected chi connectivity index (χ4v) is 2.28. The summed E-state index contributed by atoms with van der Waals surface area (Å²) in [6, 6.07) is 6.69. The van der Waals surface area contributed by atoms with Gasteiger partial charge in [-0.25, -0.2) is 4.98 Å². The maximum atomic E-state index is 11.9. The molecule has 0 fully saturated rings. The van der Waals surface area contributed by atoms with Crippen molar-refractivity contribution >= 4 is 23.4 Å². The highest BCUT2D eigenvalue weighted by Gasteiger charge is 2.05. The van der Waals surface area contributed by atoms with Gasteiger partial charge in [-0.05, 0) is 37.1 Å². The van der Waals surface area contributed by atoms with Crippen molar-refractivity contribution in [3.8, 4) is 0 Å². The average molecular weight is 349 g/mol. The minimum Gasteiger partial charge on any atom is -0.356 e. The third kappa shape index (κ3) is 6.42. The number of aryl methyl sites for hydroxylation is 1. The van der Waals surface area contributed by atoms with Gasteiger partial charge in [-0.1, -0.05) is 11.6 Å². The van der Waals surface area contributed by atoms with E-state index in [1.807, 2.05) is 10.8 Å². The molecule has 0 aliphatic rings. The SMILES string of the molecule is O=C(CCCNC(=O)c1ccc(Cl)cc1)NCCCn1ccnc1. The van der Waals surface area contributed by atoms with Crippen LogP contribution >= 0.6 is 11.6 Å². The van der Waals surface area contributed by atoms with Crippen LogP contribution in [0, 0.1) is 0 Å². The first-order valence-electron chi connectivity index (χ1n) is 7.91. The van der Waals surface area contributed by atoms with Crippen LogP contribution in [0.2, 0.25) is 5.02 Å². The van der Waals surface area contributed by atoms with Crippen LogP contribution in [0.4, 0.5) is 0 Å². The summed E-state index contributed by atoms with van der Waals surface area (Å²) in [5, 5.41) is 6.25. The summed E-state index contributed by atoms with van der Waals surface area (Å²) in [6.45, 7) is 1.93. The number of nitrogens with one attached hydrogen (secondary N) is 2. The number of imidazole rings is 1. The van der Waals surface area contributed by atoms with Gasteiger partial charge >= 0.3 is 0 Å². The summed E-state index contributed by atoms with van der Waals surface area (Å²) < 4.78 is 1.97. The molecule has 0 aliphatic heterocycles. The van der Waals surface area contributed by atoms with Gasteiger partial charge in [0.2, 0.25) is 5.91 Å². The number of carbonyl (C=O) groups excluding carboxylic acids is 2. The number of carbonyl (C=O) groups is 2. The van der Waals surface area contributed by atoms with E-state index in [1.165, 1.54) is 0 Å². The van der Waals surface area contributed by atoms with Crippen LogP contribution in [-0.2, 0) is 11.3 Å². The first-order valence-corrected chi connectivity index (χ1v) is 8.29. The molecule has 128 valence electrons. The zero-order valence-corrected chi connectivity index (χ0v) is 14.1.